The maximum absolute atomic E-state index is 13.0. The molecule has 1 fully saturated rings. The number of hydrogen-bond acceptors (Lipinski definition) is 4. The van der Waals surface area contributed by atoms with E-state index >= 15 is 0 Å². The molecular formula is C23H23NO4. The molecule has 1 aliphatic rings. The van der Waals surface area contributed by atoms with Gasteiger partial charge in [0, 0.05) is 13.1 Å². The first kappa shape index (κ1) is 18.4. The summed E-state index contributed by atoms with van der Waals surface area (Å²) < 4.78 is 11.1. The highest BCUT2D eigenvalue weighted by molar-refractivity contribution is 6.16. The molecule has 1 saturated heterocycles. The molecule has 2 atom stereocenters. The minimum Gasteiger partial charge on any atom is -0.452 e. The van der Waals surface area contributed by atoms with Crippen molar-refractivity contribution >= 4 is 33.4 Å². The lowest BCUT2D eigenvalue weighted by atomic mass is 9.97. The highest BCUT2D eigenvalue weighted by atomic mass is 16.5. The van der Waals surface area contributed by atoms with Gasteiger partial charge in [0.1, 0.15) is 0 Å². The number of esters is 1. The van der Waals surface area contributed by atoms with Gasteiger partial charge in [-0.25, -0.2) is 4.79 Å². The van der Waals surface area contributed by atoms with E-state index < -0.39 is 5.97 Å². The van der Waals surface area contributed by atoms with Gasteiger partial charge in [0.25, 0.3) is 5.91 Å². The maximum atomic E-state index is 13.0. The average Bonchev–Trinajstić information content (AvgIpc) is 2.69. The van der Waals surface area contributed by atoms with Crippen LogP contribution in [-0.2, 0) is 14.3 Å². The molecule has 28 heavy (non-hydrogen) atoms. The Morgan fingerprint density at radius 3 is 2.07 bits per heavy atom. The molecule has 0 radical (unpaired) electrons. The molecule has 0 spiro atoms. The van der Waals surface area contributed by atoms with Crippen LogP contribution in [0.3, 0.4) is 0 Å². The van der Waals surface area contributed by atoms with Crippen molar-refractivity contribution in [2.45, 2.75) is 26.1 Å². The summed E-state index contributed by atoms with van der Waals surface area (Å²) in [7, 11) is 0. The lowest BCUT2D eigenvalue weighted by Crippen LogP contribution is -2.49. The van der Waals surface area contributed by atoms with Gasteiger partial charge in [-0.15, -0.1) is 0 Å². The summed E-state index contributed by atoms with van der Waals surface area (Å²) in [6, 6.07) is 17.5. The van der Waals surface area contributed by atoms with E-state index in [9.17, 15) is 9.59 Å². The first-order valence-electron chi connectivity index (χ1n) is 9.54. The van der Waals surface area contributed by atoms with Crippen LogP contribution in [0.15, 0.2) is 54.6 Å². The Bertz CT molecular complexity index is 981. The fourth-order valence-corrected chi connectivity index (χ4v) is 3.91. The molecule has 0 aromatic heterocycles. The zero-order valence-corrected chi connectivity index (χ0v) is 16.1. The van der Waals surface area contributed by atoms with Crippen LogP contribution in [0, 0.1) is 0 Å². The molecule has 0 aliphatic carbocycles. The first-order valence-corrected chi connectivity index (χ1v) is 9.54. The van der Waals surface area contributed by atoms with Gasteiger partial charge in [0.2, 0.25) is 0 Å². The normalized spacial score (nSPS) is 19.7. The van der Waals surface area contributed by atoms with Crippen LogP contribution in [0.5, 0.6) is 0 Å². The summed E-state index contributed by atoms with van der Waals surface area (Å²) in [4.78, 5) is 27.2. The number of amides is 1. The van der Waals surface area contributed by atoms with Crippen molar-refractivity contribution in [3.05, 3.63) is 60.2 Å². The molecule has 0 bridgehead atoms. The summed E-state index contributed by atoms with van der Waals surface area (Å²) in [5.41, 5.74) is 0.505. The van der Waals surface area contributed by atoms with Crippen LogP contribution in [0.1, 0.15) is 24.2 Å². The Kier molecular flexibility index (Phi) is 5.01. The largest absolute Gasteiger partial charge is 0.452 e. The SMILES string of the molecule is C[C@H]1CN(C(=O)COC(=O)c2c3ccccc3cc3ccccc23)C[C@H](C)O1. The third kappa shape index (κ3) is 3.58. The zero-order chi connectivity index (χ0) is 19.7. The number of morpholine rings is 1. The van der Waals surface area contributed by atoms with Crippen molar-refractivity contribution in [3.63, 3.8) is 0 Å². The van der Waals surface area contributed by atoms with E-state index in [1.807, 2.05) is 62.4 Å². The fourth-order valence-electron chi connectivity index (χ4n) is 3.91. The molecule has 0 N–H and O–H groups in total. The lowest BCUT2D eigenvalue weighted by molar-refractivity contribution is -0.146. The molecule has 4 rings (SSSR count). The summed E-state index contributed by atoms with van der Waals surface area (Å²) in [6.07, 6.45) is -0.0455. The van der Waals surface area contributed by atoms with E-state index in [4.69, 9.17) is 9.47 Å². The van der Waals surface area contributed by atoms with Crippen molar-refractivity contribution in [2.24, 2.45) is 0 Å². The molecule has 0 unspecified atom stereocenters. The molecule has 1 aliphatic heterocycles. The second-order valence-electron chi connectivity index (χ2n) is 7.33. The minimum absolute atomic E-state index is 0.0228. The predicted octanol–water partition coefficient (Wildman–Crippen LogP) is 3.79. The van der Waals surface area contributed by atoms with Gasteiger partial charge < -0.3 is 14.4 Å². The number of hydrogen-bond donors (Lipinski definition) is 0. The van der Waals surface area contributed by atoms with Gasteiger partial charge in [0.15, 0.2) is 6.61 Å². The number of carbonyl (C=O) groups is 2. The maximum Gasteiger partial charge on any atom is 0.339 e. The van der Waals surface area contributed by atoms with Crippen molar-refractivity contribution in [1.29, 1.82) is 0 Å². The van der Waals surface area contributed by atoms with Crippen molar-refractivity contribution in [2.75, 3.05) is 19.7 Å². The Labute approximate surface area is 163 Å². The molecule has 1 heterocycles. The van der Waals surface area contributed by atoms with Crippen LogP contribution in [-0.4, -0.2) is 48.7 Å². The van der Waals surface area contributed by atoms with E-state index in [0.29, 0.717) is 18.7 Å². The highest BCUT2D eigenvalue weighted by Gasteiger charge is 2.27. The number of benzene rings is 3. The Morgan fingerprint density at radius 2 is 1.50 bits per heavy atom. The van der Waals surface area contributed by atoms with E-state index in [0.717, 1.165) is 21.5 Å². The van der Waals surface area contributed by atoms with Crippen molar-refractivity contribution in [3.8, 4) is 0 Å². The smallest absolute Gasteiger partial charge is 0.339 e. The summed E-state index contributed by atoms with van der Waals surface area (Å²) >= 11 is 0. The molecule has 5 heteroatoms. The quantitative estimate of drug-likeness (QED) is 0.515. The Balaban J connectivity index is 1.59. The van der Waals surface area contributed by atoms with Gasteiger partial charge in [-0.1, -0.05) is 48.5 Å². The minimum atomic E-state index is -0.476. The number of nitrogens with zero attached hydrogens (tertiary/aromatic N) is 1. The van der Waals surface area contributed by atoms with Crippen LogP contribution >= 0.6 is 0 Å². The van der Waals surface area contributed by atoms with Gasteiger partial charge in [-0.2, -0.15) is 0 Å². The first-order chi connectivity index (χ1) is 13.5. The third-order valence-electron chi connectivity index (χ3n) is 5.07. The van der Waals surface area contributed by atoms with Crippen LogP contribution in [0.25, 0.3) is 21.5 Å². The molecule has 0 saturated carbocycles. The fraction of sp³-hybridized carbons (Fsp3) is 0.304. The standard InChI is InChI=1S/C23H23NO4/c1-15-12-24(13-16(2)28-15)21(25)14-27-23(26)22-19-9-5-3-7-17(19)11-18-8-4-6-10-20(18)22/h3-11,15-16H,12-14H2,1-2H3/t15-,16-/m0/s1. The van der Waals surface area contributed by atoms with Gasteiger partial charge in [-0.3, -0.25) is 4.79 Å². The monoisotopic (exact) mass is 377 g/mol. The molecular weight excluding hydrogens is 354 g/mol. The molecule has 1 amide bonds. The summed E-state index contributed by atoms with van der Waals surface area (Å²) in [5, 5.41) is 3.59. The van der Waals surface area contributed by atoms with Gasteiger partial charge in [0.05, 0.1) is 17.8 Å². The molecule has 3 aromatic carbocycles. The molecule has 3 aromatic rings. The predicted molar refractivity (Wildman–Crippen MR) is 108 cm³/mol. The van der Waals surface area contributed by atoms with E-state index in [2.05, 4.69) is 6.07 Å². The number of rotatable bonds is 3. The Hall–Kier alpha value is -2.92. The lowest BCUT2D eigenvalue weighted by Gasteiger charge is -2.35. The van der Waals surface area contributed by atoms with Gasteiger partial charge >= 0.3 is 5.97 Å². The summed E-state index contributed by atoms with van der Waals surface area (Å²) in [5.74, 6) is -0.671. The second kappa shape index (κ2) is 7.60. The second-order valence-corrected chi connectivity index (χ2v) is 7.33. The highest BCUT2D eigenvalue weighted by Crippen LogP contribution is 2.29. The number of ether oxygens (including phenoxy) is 2. The van der Waals surface area contributed by atoms with E-state index in [1.54, 1.807) is 4.90 Å². The topological polar surface area (TPSA) is 55.8 Å². The van der Waals surface area contributed by atoms with E-state index in [1.165, 1.54) is 0 Å². The zero-order valence-electron chi connectivity index (χ0n) is 16.1. The Morgan fingerprint density at radius 1 is 0.964 bits per heavy atom. The van der Waals surface area contributed by atoms with Crippen LogP contribution in [0.4, 0.5) is 0 Å². The van der Waals surface area contributed by atoms with Crippen LogP contribution < -0.4 is 0 Å². The van der Waals surface area contributed by atoms with Crippen molar-refractivity contribution in [1.82, 2.24) is 4.90 Å². The third-order valence-corrected chi connectivity index (χ3v) is 5.07. The number of fused-ring (bicyclic) bond motifs is 2. The molecule has 144 valence electrons. The van der Waals surface area contributed by atoms with Crippen molar-refractivity contribution < 1.29 is 19.1 Å². The molecule has 5 nitrogen and oxygen atoms in total. The average molecular weight is 377 g/mol. The van der Waals surface area contributed by atoms with E-state index in [-0.39, 0.29) is 24.7 Å². The number of carbonyl (C=O) groups excluding carboxylic acids is 2. The van der Waals surface area contributed by atoms with Gasteiger partial charge in [-0.05, 0) is 41.5 Å². The summed E-state index contributed by atoms with van der Waals surface area (Å²) in [6.45, 7) is 4.63. The van der Waals surface area contributed by atoms with Crippen LogP contribution in [0.2, 0.25) is 0 Å².